The standard InChI is InChI=1S/C9H9NO/c10-9(11)7-6-8-4-2-1-3-5-8/h1-5H,6-7H2/i6D,7D. The summed E-state index contributed by atoms with van der Waals surface area (Å²) in [5, 5.41) is 0. The van der Waals surface area contributed by atoms with Crippen molar-refractivity contribution in [3.8, 4) is 0 Å². The number of nitrogens with zero attached hydrogens (tertiary/aromatic N) is 1. The van der Waals surface area contributed by atoms with Crippen LogP contribution in [0.4, 0.5) is 0 Å². The highest BCUT2D eigenvalue weighted by atomic mass is 16.1. The Morgan fingerprint density at radius 3 is 2.64 bits per heavy atom. The molecule has 0 heterocycles. The van der Waals surface area contributed by atoms with Gasteiger partial charge in [0.25, 0.3) is 5.91 Å². The summed E-state index contributed by atoms with van der Waals surface area (Å²) in [5.41, 5.74) is 9.07. The number of hydrogen-bond donors (Lipinski definition) is 0. The van der Waals surface area contributed by atoms with E-state index >= 15 is 0 Å². The Morgan fingerprint density at radius 2 is 2.09 bits per heavy atom. The van der Waals surface area contributed by atoms with Gasteiger partial charge in [0, 0.05) is 9.14 Å². The third-order valence-electron chi connectivity index (χ3n) is 1.22. The summed E-state index contributed by atoms with van der Waals surface area (Å²) < 4.78 is 14.7. The Labute approximate surface area is 68.8 Å². The van der Waals surface area contributed by atoms with Crippen LogP contribution in [0.5, 0.6) is 0 Å². The molecule has 2 atom stereocenters. The second kappa shape index (κ2) is 3.76. The molecule has 0 spiro atoms. The van der Waals surface area contributed by atoms with E-state index in [1.54, 1.807) is 30.3 Å². The molecule has 2 nitrogen and oxygen atoms in total. The number of carbonyl (C=O) groups excluding carboxylic acids is 1. The smallest absolute Gasteiger partial charge is 0.265 e. The van der Waals surface area contributed by atoms with E-state index in [0.29, 0.717) is 5.56 Å². The van der Waals surface area contributed by atoms with E-state index in [4.69, 9.17) is 8.48 Å². The van der Waals surface area contributed by atoms with Crippen LogP contribution >= 0.6 is 0 Å². The van der Waals surface area contributed by atoms with Gasteiger partial charge in [0.05, 0.1) is 0 Å². The predicted octanol–water partition coefficient (Wildman–Crippen LogP) is 1.21. The van der Waals surface area contributed by atoms with Gasteiger partial charge >= 0.3 is 0 Å². The molecule has 1 amide bonds. The molecular formula is C9H9NO. The van der Waals surface area contributed by atoms with Crippen molar-refractivity contribution < 1.29 is 7.54 Å². The van der Waals surface area contributed by atoms with Crippen molar-refractivity contribution >= 4 is 5.91 Å². The Kier molecular flexibility index (Phi) is 1.83. The molecule has 1 aromatic rings. The third-order valence-corrected chi connectivity index (χ3v) is 1.22. The fourth-order valence-corrected chi connectivity index (χ4v) is 0.732. The molecule has 2 radical (unpaired) electrons. The van der Waals surface area contributed by atoms with Gasteiger partial charge in [-0.2, -0.15) is 0 Å². The fourth-order valence-electron chi connectivity index (χ4n) is 0.732. The molecule has 0 N–H and O–H groups in total. The lowest BCUT2D eigenvalue weighted by Crippen LogP contribution is -1.99. The lowest BCUT2D eigenvalue weighted by molar-refractivity contribution is -0.118. The number of carbonyl (C=O) groups is 1. The number of rotatable bonds is 3. The van der Waals surface area contributed by atoms with Gasteiger partial charge < -0.3 is 0 Å². The van der Waals surface area contributed by atoms with Gasteiger partial charge in [-0.1, -0.05) is 30.3 Å². The summed E-state index contributed by atoms with van der Waals surface area (Å²) in [7, 11) is 0. The lowest BCUT2D eigenvalue weighted by Gasteiger charge is -1.94. The molecule has 0 saturated heterocycles. The maximum Gasteiger partial charge on any atom is 0.265 e. The Hall–Kier alpha value is -1.31. The summed E-state index contributed by atoms with van der Waals surface area (Å²) in [6, 6.07) is 8.55. The highest BCUT2D eigenvalue weighted by Gasteiger charge is 1.96. The molecule has 56 valence electrons. The fraction of sp³-hybridized carbons (Fsp3) is 0.222. The zero-order valence-electron chi connectivity index (χ0n) is 7.90. The molecule has 1 aromatic carbocycles. The van der Waals surface area contributed by atoms with Crippen molar-refractivity contribution in [1.29, 1.82) is 0 Å². The summed E-state index contributed by atoms with van der Waals surface area (Å²) in [6.45, 7) is 0. The van der Waals surface area contributed by atoms with Crippen molar-refractivity contribution in [3.63, 3.8) is 0 Å². The number of benzene rings is 1. The van der Waals surface area contributed by atoms with Crippen LogP contribution in [-0.4, -0.2) is 5.91 Å². The SMILES string of the molecule is [2H]C(C([N])=O)C([2H])c1ccccc1. The Morgan fingerprint density at radius 1 is 1.45 bits per heavy atom. The molecule has 0 fully saturated rings. The first kappa shape index (κ1) is 5.35. The Balaban J connectivity index is 2.79. The van der Waals surface area contributed by atoms with E-state index in [1.807, 2.05) is 0 Å². The van der Waals surface area contributed by atoms with Crippen LogP contribution in [0, 0.1) is 0 Å². The molecule has 11 heavy (non-hydrogen) atoms. The zero-order valence-corrected chi connectivity index (χ0v) is 5.90. The largest absolute Gasteiger partial charge is 0.271 e. The summed E-state index contributed by atoms with van der Waals surface area (Å²) >= 11 is 0. The topological polar surface area (TPSA) is 39.4 Å². The molecule has 2 unspecified atom stereocenters. The van der Waals surface area contributed by atoms with Crippen LogP contribution in [0.25, 0.3) is 0 Å². The first-order chi connectivity index (χ1) is 6.13. The van der Waals surface area contributed by atoms with Crippen LogP contribution in [-0.2, 0) is 11.2 Å². The van der Waals surface area contributed by atoms with Crippen molar-refractivity contribution in [3.05, 3.63) is 35.9 Å². The average Bonchev–Trinajstić information content (AvgIpc) is 2.17. The number of amides is 1. The molecule has 1 rings (SSSR count). The molecule has 0 aliphatic rings. The van der Waals surface area contributed by atoms with Crippen LogP contribution in [0.3, 0.4) is 0 Å². The van der Waals surface area contributed by atoms with Gasteiger partial charge in [-0.25, -0.2) is 0 Å². The Bertz CT molecular complexity index is 289. The van der Waals surface area contributed by atoms with E-state index in [2.05, 4.69) is 0 Å². The van der Waals surface area contributed by atoms with E-state index in [0.717, 1.165) is 0 Å². The van der Waals surface area contributed by atoms with E-state index in [-0.39, 0.29) is 0 Å². The zero-order chi connectivity index (χ0) is 9.84. The highest BCUT2D eigenvalue weighted by molar-refractivity contribution is 5.73. The number of aryl methyl sites for hydroxylation is 1. The molecule has 0 aliphatic heterocycles. The minimum Gasteiger partial charge on any atom is -0.271 e. The molecule has 2 heteroatoms. The van der Waals surface area contributed by atoms with Gasteiger partial charge in [0.1, 0.15) is 0 Å². The second-order valence-electron chi connectivity index (χ2n) is 2.08. The van der Waals surface area contributed by atoms with Gasteiger partial charge in [0.2, 0.25) is 0 Å². The maximum absolute atomic E-state index is 10.4. The van der Waals surface area contributed by atoms with Crippen LogP contribution in [0.2, 0.25) is 0 Å². The molecule has 0 aliphatic carbocycles. The van der Waals surface area contributed by atoms with Gasteiger partial charge in [-0.3, -0.25) is 4.79 Å². The maximum atomic E-state index is 10.4. The third kappa shape index (κ3) is 2.85. The predicted molar refractivity (Wildman–Crippen MR) is 41.9 cm³/mol. The number of hydrogen-bond acceptors (Lipinski definition) is 1. The first-order valence-corrected chi connectivity index (χ1v) is 3.25. The van der Waals surface area contributed by atoms with Gasteiger partial charge in [0.15, 0.2) is 0 Å². The quantitative estimate of drug-likeness (QED) is 0.636. The second-order valence-corrected chi connectivity index (χ2v) is 2.08. The molecule has 0 bridgehead atoms. The summed E-state index contributed by atoms with van der Waals surface area (Å²) in [5.74, 6) is -1.26. The van der Waals surface area contributed by atoms with Crippen molar-refractivity contribution in [2.24, 2.45) is 0 Å². The molecular weight excluding hydrogens is 138 g/mol. The monoisotopic (exact) mass is 149 g/mol. The molecule has 0 aromatic heterocycles. The van der Waals surface area contributed by atoms with E-state index in [1.165, 1.54) is 0 Å². The van der Waals surface area contributed by atoms with Crippen LogP contribution in [0.1, 0.15) is 14.7 Å². The highest BCUT2D eigenvalue weighted by Crippen LogP contribution is 2.01. The summed E-state index contributed by atoms with van der Waals surface area (Å²) in [4.78, 5) is 10.4. The van der Waals surface area contributed by atoms with Crippen molar-refractivity contribution in [1.82, 2.24) is 5.73 Å². The van der Waals surface area contributed by atoms with Gasteiger partial charge in [-0.15, -0.1) is 5.73 Å². The summed E-state index contributed by atoms with van der Waals surface area (Å²) in [6.07, 6.45) is -2.43. The van der Waals surface area contributed by atoms with Crippen LogP contribution in [0.15, 0.2) is 30.3 Å². The lowest BCUT2D eigenvalue weighted by atomic mass is 10.1. The minimum absolute atomic E-state index is 0.560. The first-order valence-electron chi connectivity index (χ1n) is 4.40. The van der Waals surface area contributed by atoms with Crippen molar-refractivity contribution in [2.75, 3.05) is 0 Å². The average molecular weight is 149 g/mol. The van der Waals surface area contributed by atoms with E-state index < -0.39 is 18.7 Å². The van der Waals surface area contributed by atoms with Crippen molar-refractivity contribution in [2.45, 2.75) is 12.8 Å². The van der Waals surface area contributed by atoms with E-state index in [9.17, 15) is 4.79 Å². The normalized spacial score (nSPS) is 17.8. The van der Waals surface area contributed by atoms with Crippen LogP contribution < -0.4 is 5.73 Å². The minimum atomic E-state index is -1.41. The molecule has 0 saturated carbocycles. The van der Waals surface area contributed by atoms with Gasteiger partial charge in [-0.05, 0) is 12.0 Å².